The lowest BCUT2D eigenvalue weighted by molar-refractivity contribution is -0.120. The number of phenols is 2. The van der Waals surface area contributed by atoms with Crippen molar-refractivity contribution in [3.63, 3.8) is 0 Å². The molecule has 112 valence electrons. The minimum Gasteiger partial charge on any atom is -0.508 e. The second-order valence-electron chi connectivity index (χ2n) is 5.09. The lowest BCUT2D eigenvalue weighted by Gasteiger charge is -2.16. The number of carbonyl (C=O) groups excluding carboxylic acids is 2. The maximum atomic E-state index is 11.9. The topological polar surface area (TPSA) is 98.7 Å². The van der Waals surface area contributed by atoms with Crippen molar-refractivity contribution in [1.29, 1.82) is 0 Å². The predicted octanol–water partition coefficient (Wildman–Crippen LogP) is 1.57. The van der Waals surface area contributed by atoms with Crippen LogP contribution < -0.4 is 10.6 Å². The van der Waals surface area contributed by atoms with Gasteiger partial charge in [-0.1, -0.05) is 30.3 Å². The van der Waals surface area contributed by atoms with Crippen LogP contribution in [0.2, 0.25) is 0 Å². The molecule has 1 aliphatic heterocycles. The second-order valence-corrected chi connectivity index (χ2v) is 5.09. The highest BCUT2D eigenvalue weighted by atomic mass is 16.3. The van der Waals surface area contributed by atoms with E-state index in [0.717, 1.165) is 5.56 Å². The molecule has 1 saturated heterocycles. The van der Waals surface area contributed by atoms with E-state index >= 15 is 0 Å². The molecule has 2 aromatic rings. The fourth-order valence-electron chi connectivity index (χ4n) is 2.55. The highest BCUT2D eigenvalue weighted by Crippen LogP contribution is 2.33. The summed E-state index contributed by atoms with van der Waals surface area (Å²) in [6.07, 6.45) is 0.377. The van der Waals surface area contributed by atoms with Gasteiger partial charge in [0, 0.05) is 18.1 Å². The van der Waals surface area contributed by atoms with Crippen LogP contribution in [0.5, 0.6) is 11.5 Å². The summed E-state index contributed by atoms with van der Waals surface area (Å²) >= 11 is 0. The number of aromatic hydroxyl groups is 2. The maximum absolute atomic E-state index is 11.9. The summed E-state index contributed by atoms with van der Waals surface area (Å²) in [5, 5.41) is 24.5. The largest absolute Gasteiger partial charge is 0.508 e. The molecule has 1 heterocycles. The Morgan fingerprint density at radius 1 is 1.05 bits per heavy atom. The van der Waals surface area contributed by atoms with Gasteiger partial charge in [0.25, 0.3) is 5.91 Å². The van der Waals surface area contributed by atoms with E-state index in [4.69, 9.17) is 0 Å². The van der Waals surface area contributed by atoms with Crippen molar-refractivity contribution in [3.8, 4) is 11.5 Å². The molecule has 3 amide bonds. The van der Waals surface area contributed by atoms with Crippen LogP contribution in [0.25, 0.3) is 0 Å². The Hall–Kier alpha value is -3.02. The third kappa shape index (κ3) is 2.58. The van der Waals surface area contributed by atoms with Crippen LogP contribution in [-0.2, 0) is 11.2 Å². The fourth-order valence-corrected chi connectivity index (χ4v) is 2.55. The Balaban J connectivity index is 2.05. The normalized spacial score (nSPS) is 17.2. The summed E-state index contributed by atoms with van der Waals surface area (Å²) in [6.45, 7) is 0. The highest BCUT2D eigenvalue weighted by Gasteiger charge is 2.33. The second kappa shape index (κ2) is 5.40. The van der Waals surface area contributed by atoms with Gasteiger partial charge >= 0.3 is 6.03 Å². The molecule has 1 aliphatic rings. The van der Waals surface area contributed by atoms with Gasteiger partial charge in [0.1, 0.15) is 17.5 Å². The SMILES string of the molecule is O=C1NC(=O)C(c2cc(O)cc(O)c2Cc2ccccc2)N1. The van der Waals surface area contributed by atoms with Gasteiger partial charge in [0.2, 0.25) is 0 Å². The van der Waals surface area contributed by atoms with Crippen LogP contribution in [0.15, 0.2) is 42.5 Å². The molecule has 4 N–H and O–H groups in total. The molecule has 6 heteroatoms. The van der Waals surface area contributed by atoms with Gasteiger partial charge in [0.05, 0.1) is 0 Å². The summed E-state index contributed by atoms with van der Waals surface area (Å²) in [6, 6.07) is 10.5. The number of hydrogen-bond donors (Lipinski definition) is 4. The molecule has 0 aromatic heterocycles. The summed E-state index contributed by atoms with van der Waals surface area (Å²) in [4.78, 5) is 23.2. The molecule has 1 atom stereocenters. The van der Waals surface area contributed by atoms with Crippen LogP contribution >= 0.6 is 0 Å². The molecular weight excluding hydrogens is 284 g/mol. The average Bonchev–Trinajstić information content (AvgIpc) is 2.81. The molecule has 0 saturated carbocycles. The van der Waals surface area contributed by atoms with Crippen LogP contribution in [-0.4, -0.2) is 22.2 Å². The van der Waals surface area contributed by atoms with E-state index in [-0.39, 0.29) is 11.5 Å². The summed E-state index contributed by atoms with van der Waals surface area (Å²) in [7, 11) is 0. The molecule has 2 aromatic carbocycles. The number of rotatable bonds is 3. The van der Waals surface area contributed by atoms with E-state index < -0.39 is 18.0 Å². The van der Waals surface area contributed by atoms with E-state index in [2.05, 4.69) is 10.6 Å². The quantitative estimate of drug-likeness (QED) is 0.646. The van der Waals surface area contributed by atoms with Crippen molar-refractivity contribution in [2.45, 2.75) is 12.5 Å². The first kappa shape index (κ1) is 13.9. The van der Waals surface area contributed by atoms with Gasteiger partial charge in [0.15, 0.2) is 0 Å². The zero-order valence-electron chi connectivity index (χ0n) is 11.5. The number of hydrogen-bond acceptors (Lipinski definition) is 4. The summed E-state index contributed by atoms with van der Waals surface area (Å²) in [5.74, 6) is -0.796. The van der Waals surface area contributed by atoms with E-state index in [1.54, 1.807) is 0 Å². The van der Waals surface area contributed by atoms with E-state index in [0.29, 0.717) is 17.5 Å². The average molecular weight is 298 g/mol. The van der Waals surface area contributed by atoms with E-state index in [1.165, 1.54) is 12.1 Å². The van der Waals surface area contributed by atoms with Gasteiger partial charge < -0.3 is 15.5 Å². The Labute approximate surface area is 126 Å². The van der Waals surface area contributed by atoms with Crippen molar-refractivity contribution in [2.75, 3.05) is 0 Å². The fraction of sp³-hybridized carbons (Fsp3) is 0.125. The Kier molecular flexibility index (Phi) is 3.42. The number of benzene rings is 2. The van der Waals surface area contributed by atoms with Crippen molar-refractivity contribution >= 4 is 11.9 Å². The Morgan fingerprint density at radius 2 is 1.77 bits per heavy atom. The van der Waals surface area contributed by atoms with Crippen molar-refractivity contribution in [2.24, 2.45) is 0 Å². The van der Waals surface area contributed by atoms with Crippen LogP contribution in [0.4, 0.5) is 4.79 Å². The molecule has 22 heavy (non-hydrogen) atoms. The number of nitrogens with one attached hydrogen (secondary N) is 2. The number of phenolic OH excluding ortho intramolecular Hbond substituents is 2. The van der Waals surface area contributed by atoms with Gasteiger partial charge in [-0.05, 0) is 17.2 Å². The first-order valence-electron chi connectivity index (χ1n) is 6.74. The van der Waals surface area contributed by atoms with Gasteiger partial charge in [-0.3, -0.25) is 10.1 Å². The number of amides is 3. The smallest absolute Gasteiger partial charge is 0.322 e. The van der Waals surface area contributed by atoms with Crippen molar-refractivity contribution in [1.82, 2.24) is 10.6 Å². The molecule has 0 aliphatic carbocycles. The number of imide groups is 1. The Bertz CT molecular complexity index is 743. The zero-order chi connectivity index (χ0) is 15.7. The molecule has 6 nitrogen and oxygen atoms in total. The summed E-state index contributed by atoms with van der Waals surface area (Å²) < 4.78 is 0. The number of carbonyl (C=O) groups is 2. The molecule has 1 unspecified atom stereocenters. The monoisotopic (exact) mass is 298 g/mol. The first-order chi connectivity index (χ1) is 10.5. The highest BCUT2D eigenvalue weighted by molar-refractivity contribution is 6.04. The van der Waals surface area contributed by atoms with E-state index in [1.807, 2.05) is 30.3 Å². The van der Waals surface area contributed by atoms with Gasteiger partial charge in [-0.2, -0.15) is 0 Å². The lowest BCUT2D eigenvalue weighted by Crippen LogP contribution is -2.22. The van der Waals surface area contributed by atoms with Gasteiger partial charge in [-0.25, -0.2) is 4.79 Å². The zero-order valence-corrected chi connectivity index (χ0v) is 11.5. The molecule has 1 fully saturated rings. The maximum Gasteiger partial charge on any atom is 0.322 e. The molecule has 0 radical (unpaired) electrons. The van der Waals surface area contributed by atoms with Crippen molar-refractivity contribution < 1.29 is 19.8 Å². The third-order valence-corrected chi connectivity index (χ3v) is 3.55. The third-order valence-electron chi connectivity index (χ3n) is 3.55. The molecule has 0 bridgehead atoms. The molecule has 3 rings (SSSR count). The van der Waals surface area contributed by atoms with E-state index in [9.17, 15) is 19.8 Å². The van der Waals surface area contributed by atoms with Crippen LogP contribution in [0.3, 0.4) is 0 Å². The minimum absolute atomic E-state index is 0.118. The Morgan fingerprint density at radius 3 is 2.41 bits per heavy atom. The standard InChI is InChI=1S/C16H14N2O4/c19-10-7-12(14-15(21)18-16(22)17-14)11(13(20)8-10)6-9-4-2-1-3-5-9/h1-5,7-8,14,19-20H,6H2,(H2,17,18,21,22). The van der Waals surface area contributed by atoms with Gasteiger partial charge in [-0.15, -0.1) is 0 Å². The molecule has 0 spiro atoms. The van der Waals surface area contributed by atoms with Crippen LogP contribution in [0.1, 0.15) is 22.7 Å². The molecular formula is C16H14N2O4. The predicted molar refractivity (Wildman–Crippen MR) is 78.4 cm³/mol. The lowest BCUT2D eigenvalue weighted by atomic mass is 9.94. The first-order valence-corrected chi connectivity index (χ1v) is 6.74. The minimum atomic E-state index is -0.927. The van der Waals surface area contributed by atoms with Crippen LogP contribution in [0, 0.1) is 0 Å². The summed E-state index contributed by atoms with van der Waals surface area (Å²) in [5.41, 5.74) is 1.81. The van der Waals surface area contributed by atoms with Crippen molar-refractivity contribution in [3.05, 3.63) is 59.2 Å². The number of urea groups is 1.